The molecule has 4 aromatic carbocycles. The largest absolute Gasteiger partial charge is 0.325 e. The van der Waals surface area contributed by atoms with Crippen LogP contribution in [0, 0.1) is 10.1 Å². The summed E-state index contributed by atoms with van der Waals surface area (Å²) in [5, 5.41) is 19.3. The van der Waals surface area contributed by atoms with E-state index >= 15 is 0 Å². The molecule has 9 nitrogen and oxygen atoms in total. The highest BCUT2D eigenvalue weighted by Gasteiger charge is 2.19. The van der Waals surface area contributed by atoms with Crippen molar-refractivity contribution in [2.24, 2.45) is 0 Å². The first-order valence-electron chi connectivity index (χ1n) is 12.7. The lowest BCUT2D eigenvalue weighted by molar-refractivity contribution is -0.385. The molecule has 4 aromatic rings. The molecule has 0 spiro atoms. The minimum absolute atomic E-state index is 0.154. The standard InChI is InChI=1S/C31H25BrN4O5S/c1-20(29(37)33-24-13-11-23(32)12-14-24)42-26-17-15-25(16-18-26)34-31(39)27(35-30(38)21-7-3-2-4-8-21)19-22-9-5-6-10-28(22)36(40)41/h2-20H,1H3,(H,33,37)(H,34,39)(H,35,38)/b27-19-. The Morgan fingerprint density at radius 1 is 0.833 bits per heavy atom. The van der Waals surface area contributed by atoms with Crippen LogP contribution in [0.25, 0.3) is 6.08 Å². The van der Waals surface area contributed by atoms with Crippen molar-refractivity contribution in [3.05, 3.63) is 135 Å². The van der Waals surface area contributed by atoms with Gasteiger partial charge in [0.25, 0.3) is 17.5 Å². The van der Waals surface area contributed by atoms with Crippen molar-refractivity contribution in [2.45, 2.75) is 17.1 Å². The first-order chi connectivity index (χ1) is 20.2. The highest BCUT2D eigenvalue weighted by Crippen LogP contribution is 2.26. The zero-order valence-electron chi connectivity index (χ0n) is 22.2. The van der Waals surface area contributed by atoms with E-state index in [0.717, 1.165) is 9.37 Å². The number of hydrogen-bond donors (Lipinski definition) is 3. The van der Waals surface area contributed by atoms with E-state index in [0.29, 0.717) is 16.9 Å². The lowest BCUT2D eigenvalue weighted by atomic mass is 10.1. The van der Waals surface area contributed by atoms with Gasteiger partial charge in [0.2, 0.25) is 5.91 Å². The van der Waals surface area contributed by atoms with Gasteiger partial charge in [0, 0.05) is 32.4 Å². The van der Waals surface area contributed by atoms with Gasteiger partial charge in [0.05, 0.1) is 15.7 Å². The number of nitro benzene ring substituents is 1. The lowest BCUT2D eigenvalue weighted by Crippen LogP contribution is -2.30. The molecule has 0 aromatic heterocycles. The van der Waals surface area contributed by atoms with Crippen LogP contribution in [0.15, 0.2) is 118 Å². The second-order valence-electron chi connectivity index (χ2n) is 8.93. The van der Waals surface area contributed by atoms with Crippen LogP contribution in [-0.4, -0.2) is 27.9 Å². The number of amides is 3. The first-order valence-corrected chi connectivity index (χ1v) is 14.3. The number of nitrogens with zero attached hydrogens (tertiary/aromatic N) is 1. The number of carbonyl (C=O) groups is 3. The van der Waals surface area contributed by atoms with E-state index in [9.17, 15) is 24.5 Å². The molecule has 42 heavy (non-hydrogen) atoms. The van der Waals surface area contributed by atoms with Gasteiger partial charge in [-0.3, -0.25) is 24.5 Å². The normalized spacial score (nSPS) is 11.7. The maximum absolute atomic E-state index is 13.3. The van der Waals surface area contributed by atoms with Gasteiger partial charge in [-0.1, -0.05) is 46.3 Å². The van der Waals surface area contributed by atoms with Crippen LogP contribution in [0.5, 0.6) is 0 Å². The van der Waals surface area contributed by atoms with Crippen molar-refractivity contribution in [1.29, 1.82) is 0 Å². The van der Waals surface area contributed by atoms with E-state index < -0.39 is 22.0 Å². The molecule has 0 fully saturated rings. The summed E-state index contributed by atoms with van der Waals surface area (Å²) in [7, 11) is 0. The molecule has 3 amide bonds. The van der Waals surface area contributed by atoms with Gasteiger partial charge in [-0.15, -0.1) is 11.8 Å². The monoisotopic (exact) mass is 644 g/mol. The van der Waals surface area contributed by atoms with E-state index in [1.54, 1.807) is 79.7 Å². The summed E-state index contributed by atoms with van der Waals surface area (Å²) < 4.78 is 0.915. The fourth-order valence-corrected chi connectivity index (χ4v) is 4.86. The Balaban J connectivity index is 1.47. The third-order valence-electron chi connectivity index (χ3n) is 5.87. The molecule has 0 radical (unpaired) electrons. The zero-order valence-corrected chi connectivity index (χ0v) is 24.6. The van der Waals surface area contributed by atoms with Gasteiger partial charge in [-0.2, -0.15) is 0 Å². The van der Waals surface area contributed by atoms with Gasteiger partial charge in [-0.05, 0) is 79.7 Å². The summed E-state index contributed by atoms with van der Waals surface area (Å²) in [5.74, 6) is -1.36. The predicted octanol–water partition coefficient (Wildman–Crippen LogP) is 6.89. The van der Waals surface area contributed by atoms with Crippen LogP contribution in [0.1, 0.15) is 22.8 Å². The van der Waals surface area contributed by atoms with E-state index in [4.69, 9.17) is 0 Å². The molecule has 0 bridgehead atoms. The Kier molecular flexibility index (Phi) is 10.2. The van der Waals surface area contributed by atoms with Gasteiger partial charge in [-0.25, -0.2) is 0 Å². The lowest BCUT2D eigenvalue weighted by Gasteiger charge is -2.13. The Bertz CT molecular complexity index is 1630. The van der Waals surface area contributed by atoms with Gasteiger partial charge < -0.3 is 16.0 Å². The van der Waals surface area contributed by atoms with Crippen molar-refractivity contribution in [1.82, 2.24) is 5.32 Å². The van der Waals surface area contributed by atoms with Gasteiger partial charge >= 0.3 is 0 Å². The predicted molar refractivity (Wildman–Crippen MR) is 168 cm³/mol. The number of para-hydroxylation sites is 1. The number of nitro groups is 1. The number of hydrogen-bond acceptors (Lipinski definition) is 6. The van der Waals surface area contributed by atoms with Crippen LogP contribution in [-0.2, 0) is 9.59 Å². The summed E-state index contributed by atoms with van der Waals surface area (Å²) in [6.07, 6.45) is 1.27. The zero-order chi connectivity index (χ0) is 30.1. The van der Waals surface area contributed by atoms with Gasteiger partial charge in [0.15, 0.2) is 0 Å². The second-order valence-corrected chi connectivity index (χ2v) is 11.3. The number of thioether (sulfide) groups is 1. The molecule has 0 saturated heterocycles. The van der Waals surface area contributed by atoms with Crippen LogP contribution in [0.4, 0.5) is 17.1 Å². The number of rotatable bonds is 10. The Labute approximate surface area is 254 Å². The summed E-state index contributed by atoms with van der Waals surface area (Å²) >= 11 is 4.72. The average Bonchev–Trinajstić information content (AvgIpc) is 2.99. The molecule has 1 atom stereocenters. The SMILES string of the molecule is CC(Sc1ccc(NC(=O)/C(=C/c2ccccc2[N+](=O)[O-])NC(=O)c2ccccc2)cc1)C(=O)Nc1ccc(Br)cc1. The fraction of sp³-hybridized carbons (Fsp3) is 0.0645. The Morgan fingerprint density at radius 3 is 2.10 bits per heavy atom. The summed E-state index contributed by atoms with van der Waals surface area (Å²) in [6, 6.07) is 28.4. The van der Waals surface area contributed by atoms with Crippen LogP contribution < -0.4 is 16.0 Å². The highest BCUT2D eigenvalue weighted by atomic mass is 79.9. The second kappa shape index (κ2) is 14.2. The number of halogens is 1. The van der Waals surface area contributed by atoms with Crippen LogP contribution in [0.3, 0.4) is 0 Å². The van der Waals surface area contributed by atoms with Crippen molar-refractivity contribution in [2.75, 3.05) is 10.6 Å². The minimum Gasteiger partial charge on any atom is -0.325 e. The molecule has 1 unspecified atom stereocenters. The first kappa shape index (κ1) is 30.2. The maximum atomic E-state index is 13.3. The topological polar surface area (TPSA) is 130 Å². The minimum atomic E-state index is -0.667. The van der Waals surface area contributed by atoms with E-state index in [2.05, 4.69) is 31.9 Å². The van der Waals surface area contributed by atoms with E-state index in [-0.39, 0.29) is 22.9 Å². The number of nitrogens with one attached hydrogen (secondary N) is 3. The molecule has 3 N–H and O–H groups in total. The number of anilines is 2. The van der Waals surface area contributed by atoms with E-state index in [1.165, 1.54) is 36.0 Å². The molecule has 0 aliphatic heterocycles. The van der Waals surface area contributed by atoms with Gasteiger partial charge in [0.1, 0.15) is 5.70 Å². The number of benzene rings is 4. The van der Waals surface area contributed by atoms with Crippen molar-refractivity contribution < 1.29 is 19.3 Å². The third-order valence-corrected chi connectivity index (χ3v) is 7.51. The Hall–Kier alpha value is -4.74. The van der Waals surface area contributed by atoms with E-state index in [1.807, 2.05) is 12.1 Å². The molecular weight excluding hydrogens is 620 g/mol. The maximum Gasteiger partial charge on any atom is 0.276 e. The van der Waals surface area contributed by atoms with Crippen molar-refractivity contribution >= 4 is 68.6 Å². The number of carbonyl (C=O) groups excluding carboxylic acids is 3. The summed E-state index contributed by atoms with van der Waals surface area (Å²) in [4.78, 5) is 50.5. The quantitative estimate of drug-likeness (QED) is 0.0746. The molecular formula is C31H25BrN4O5S. The molecule has 212 valence electrons. The third kappa shape index (κ3) is 8.38. The summed E-state index contributed by atoms with van der Waals surface area (Å²) in [6.45, 7) is 1.80. The smallest absolute Gasteiger partial charge is 0.276 e. The summed E-state index contributed by atoms with van der Waals surface area (Å²) in [5.41, 5.74) is 1.21. The molecule has 0 saturated carbocycles. The average molecular weight is 646 g/mol. The fourth-order valence-electron chi connectivity index (χ4n) is 3.72. The Morgan fingerprint density at radius 2 is 1.43 bits per heavy atom. The molecule has 4 rings (SSSR count). The van der Waals surface area contributed by atoms with Crippen molar-refractivity contribution in [3.8, 4) is 0 Å². The highest BCUT2D eigenvalue weighted by molar-refractivity contribution is 9.10. The van der Waals surface area contributed by atoms with Crippen molar-refractivity contribution in [3.63, 3.8) is 0 Å². The molecule has 11 heteroatoms. The molecule has 0 heterocycles. The van der Waals surface area contributed by atoms with Crippen LogP contribution in [0.2, 0.25) is 0 Å². The molecule has 0 aliphatic carbocycles. The molecule has 0 aliphatic rings. The van der Waals surface area contributed by atoms with Crippen LogP contribution >= 0.6 is 27.7 Å².